The number of halogens is 3. The SMILES string of the molecule is COC(=O)C1=C(C)N(c2cccc(C(F)(F)F)c2)c2n[nH]c(=O)n2[C@@H]1c1ccc(C#N)cc1C[N+](C)(C)C(C)c1c[nH]cn1.O=C[O-]. The highest BCUT2D eigenvalue weighted by Crippen LogP contribution is 2.44. The molecule has 0 fully saturated rings. The summed E-state index contributed by atoms with van der Waals surface area (Å²) in [5, 5.41) is 24.6. The fourth-order valence-electron chi connectivity index (χ4n) is 5.59. The third kappa shape index (κ3) is 6.65. The number of nitriles is 1. The number of rotatable bonds is 7. The molecule has 0 amide bonds. The molecule has 2 atom stereocenters. The molecule has 16 heteroatoms. The van der Waals surface area contributed by atoms with Gasteiger partial charge in [-0.1, -0.05) is 12.1 Å². The molecule has 0 spiro atoms. The number of allylic oxidation sites excluding steroid dienone is 1. The number of carbonyl (C=O) groups is 2. The molecule has 0 saturated carbocycles. The Hall–Kier alpha value is -5.69. The van der Waals surface area contributed by atoms with Crippen molar-refractivity contribution in [2.45, 2.75) is 38.7 Å². The van der Waals surface area contributed by atoms with Crippen LogP contribution in [0.3, 0.4) is 0 Å². The number of anilines is 2. The molecule has 1 aliphatic rings. The lowest BCUT2D eigenvalue weighted by Gasteiger charge is -2.38. The highest BCUT2D eigenvalue weighted by molar-refractivity contribution is 5.93. The molecule has 246 valence electrons. The number of esters is 1. The first-order valence-electron chi connectivity index (χ1n) is 14.0. The normalized spacial score (nSPS) is 15.2. The second kappa shape index (κ2) is 13.3. The molecule has 5 rings (SSSR count). The van der Waals surface area contributed by atoms with Gasteiger partial charge in [0.15, 0.2) is 0 Å². The van der Waals surface area contributed by atoms with Crippen LogP contribution in [0.5, 0.6) is 0 Å². The summed E-state index contributed by atoms with van der Waals surface area (Å²) in [6, 6.07) is 10.5. The van der Waals surface area contributed by atoms with E-state index in [1.165, 1.54) is 28.7 Å². The van der Waals surface area contributed by atoms with E-state index < -0.39 is 35.9 Å². The lowest BCUT2D eigenvalue weighted by molar-refractivity contribution is -0.932. The summed E-state index contributed by atoms with van der Waals surface area (Å²) in [4.78, 5) is 43.8. The molecular formula is C31H31F3N8O5. The first-order valence-corrected chi connectivity index (χ1v) is 14.0. The molecular weight excluding hydrogens is 621 g/mol. The van der Waals surface area contributed by atoms with E-state index in [1.807, 2.05) is 21.0 Å². The molecule has 2 aromatic carbocycles. The number of hydrogen-bond acceptors (Lipinski definition) is 9. The predicted molar refractivity (Wildman–Crippen MR) is 159 cm³/mol. The number of aromatic amines is 2. The number of quaternary nitrogens is 1. The van der Waals surface area contributed by atoms with Gasteiger partial charge >= 0.3 is 17.8 Å². The van der Waals surface area contributed by atoms with Gasteiger partial charge in [-0.3, -0.25) is 4.90 Å². The number of nitrogens with one attached hydrogen (secondary N) is 2. The maximum absolute atomic E-state index is 13.7. The van der Waals surface area contributed by atoms with Crippen LogP contribution >= 0.6 is 0 Å². The van der Waals surface area contributed by atoms with E-state index in [-0.39, 0.29) is 28.9 Å². The first-order chi connectivity index (χ1) is 22.2. The largest absolute Gasteiger partial charge is 0.554 e. The lowest BCUT2D eigenvalue weighted by atomic mass is 9.89. The van der Waals surface area contributed by atoms with Crippen molar-refractivity contribution in [3.05, 3.63) is 105 Å². The van der Waals surface area contributed by atoms with Crippen molar-refractivity contribution in [3.8, 4) is 6.07 Å². The number of carboxylic acid groups (broad SMARTS) is 1. The Morgan fingerprint density at radius 3 is 2.55 bits per heavy atom. The Kier molecular flexibility index (Phi) is 9.71. The van der Waals surface area contributed by atoms with Crippen LogP contribution in [-0.2, 0) is 27.0 Å². The van der Waals surface area contributed by atoms with Crippen LogP contribution in [-0.4, -0.2) is 62.9 Å². The van der Waals surface area contributed by atoms with Gasteiger partial charge in [0.05, 0.1) is 50.3 Å². The zero-order valence-corrected chi connectivity index (χ0v) is 26.0. The number of methoxy groups -OCH3 is 1. The second-order valence-corrected chi connectivity index (χ2v) is 11.2. The maximum atomic E-state index is 13.7. The molecule has 3 heterocycles. The van der Waals surface area contributed by atoms with E-state index in [0.29, 0.717) is 27.7 Å². The van der Waals surface area contributed by atoms with Crippen LogP contribution in [0.2, 0.25) is 0 Å². The van der Waals surface area contributed by atoms with Crippen LogP contribution in [0.25, 0.3) is 0 Å². The minimum atomic E-state index is -4.63. The number of aromatic nitrogens is 5. The van der Waals surface area contributed by atoms with Crippen molar-refractivity contribution in [2.75, 3.05) is 26.1 Å². The third-order valence-electron chi connectivity index (χ3n) is 8.12. The van der Waals surface area contributed by atoms with Crippen LogP contribution in [0, 0.1) is 11.3 Å². The third-order valence-corrected chi connectivity index (χ3v) is 8.12. The molecule has 4 aromatic rings. The summed E-state index contributed by atoms with van der Waals surface area (Å²) < 4.78 is 47.7. The Bertz CT molecular complexity index is 1900. The smallest absolute Gasteiger partial charge is 0.416 e. The summed E-state index contributed by atoms with van der Waals surface area (Å²) in [6.45, 7) is 3.44. The average molecular weight is 653 g/mol. The number of carbonyl (C=O) groups excluding carboxylic acids is 2. The Balaban J connectivity index is 0.00000160. The minimum absolute atomic E-state index is 0.0153. The second-order valence-electron chi connectivity index (χ2n) is 11.2. The van der Waals surface area contributed by atoms with E-state index in [0.717, 1.165) is 17.8 Å². The van der Waals surface area contributed by atoms with Gasteiger partial charge in [0, 0.05) is 29.6 Å². The highest BCUT2D eigenvalue weighted by atomic mass is 19.4. The molecule has 0 bridgehead atoms. The molecule has 0 radical (unpaired) electrons. The summed E-state index contributed by atoms with van der Waals surface area (Å²) in [5.41, 5.74) is 1.08. The van der Waals surface area contributed by atoms with Gasteiger partial charge in [0.1, 0.15) is 24.3 Å². The zero-order chi connectivity index (χ0) is 34.7. The molecule has 13 nitrogen and oxygen atoms in total. The topological polar surface area (TPSA) is 173 Å². The number of alkyl halides is 3. The Morgan fingerprint density at radius 1 is 1.26 bits per heavy atom. The highest BCUT2D eigenvalue weighted by Gasteiger charge is 2.42. The molecule has 2 N–H and O–H groups in total. The zero-order valence-electron chi connectivity index (χ0n) is 26.0. The predicted octanol–water partition coefficient (Wildman–Crippen LogP) is 3.08. The van der Waals surface area contributed by atoms with Gasteiger partial charge in [-0.05, 0) is 49.7 Å². The number of H-pyrrole nitrogens is 2. The number of hydrogen-bond donors (Lipinski definition) is 2. The van der Waals surface area contributed by atoms with Crippen molar-refractivity contribution in [1.82, 2.24) is 24.7 Å². The van der Waals surface area contributed by atoms with Gasteiger partial charge in [-0.15, -0.1) is 5.10 Å². The number of ether oxygens (including phenoxy) is 1. The number of benzene rings is 2. The van der Waals surface area contributed by atoms with Gasteiger partial charge in [-0.2, -0.15) is 18.4 Å². The Morgan fingerprint density at radius 2 is 1.96 bits per heavy atom. The number of fused-ring (bicyclic) bond motifs is 1. The lowest BCUT2D eigenvalue weighted by Crippen LogP contribution is -2.42. The van der Waals surface area contributed by atoms with Crippen LogP contribution in [0.4, 0.5) is 24.8 Å². The maximum Gasteiger partial charge on any atom is 0.416 e. The number of imidazole rings is 1. The van der Waals surface area contributed by atoms with Crippen LogP contribution in [0.15, 0.2) is 71.1 Å². The van der Waals surface area contributed by atoms with Crippen molar-refractivity contribution in [3.63, 3.8) is 0 Å². The van der Waals surface area contributed by atoms with E-state index in [2.05, 4.69) is 26.2 Å². The summed E-state index contributed by atoms with van der Waals surface area (Å²) in [5.74, 6) is -0.796. The van der Waals surface area contributed by atoms with E-state index in [1.54, 1.807) is 37.6 Å². The van der Waals surface area contributed by atoms with Gasteiger partial charge in [0.2, 0.25) is 5.95 Å². The molecule has 0 saturated heterocycles. The van der Waals surface area contributed by atoms with Crippen molar-refractivity contribution in [2.24, 2.45) is 0 Å². The van der Waals surface area contributed by atoms with Gasteiger partial charge < -0.3 is 24.1 Å². The fraction of sp³-hybridized carbons (Fsp3) is 0.290. The van der Waals surface area contributed by atoms with Crippen molar-refractivity contribution >= 4 is 24.1 Å². The fourth-order valence-corrected chi connectivity index (χ4v) is 5.59. The van der Waals surface area contributed by atoms with E-state index in [9.17, 15) is 28.0 Å². The van der Waals surface area contributed by atoms with Crippen LogP contribution < -0.4 is 15.7 Å². The monoisotopic (exact) mass is 652 g/mol. The molecule has 0 aliphatic carbocycles. The molecule has 2 aromatic heterocycles. The Labute approximate surface area is 266 Å². The molecule has 47 heavy (non-hydrogen) atoms. The molecule has 1 unspecified atom stereocenters. The summed E-state index contributed by atoms with van der Waals surface area (Å²) in [7, 11) is 5.18. The van der Waals surface area contributed by atoms with E-state index in [4.69, 9.17) is 14.6 Å². The average Bonchev–Trinajstić information content (AvgIpc) is 3.70. The van der Waals surface area contributed by atoms with Crippen molar-refractivity contribution in [1.29, 1.82) is 5.26 Å². The number of nitrogens with zero attached hydrogens (tertiary/aromatic N) is 6. The molecule has 1 aliphatic heterocycles. The van der Waals surface area contributed by atoms with E-state index >= 15 is 0 Å². The standard InChI is InChI=1S/C30H29F3N8O3.CH2O2/c1-17-25(27(42)44-5)26(40-28(37-38-29(40)43)39(17)22-8-6-7-21(12-22)30(31,32)33)23-10-9-19(13-34)11-20(23)15-41(3,4)18(2)24-14-35-16-36-24;2-1-3/h6-12,14,16,18,26H,15H2,1-5H3,(H-,35,36,38,43);1H,(H,2,3)/t18?,26-;/m1./s1. The minimum Gasteiger partial charge on any atom is -0.554 e. The summed E-state index contributed by atoms with van der Waals surface area (Å²) in [6.07, 6.45) is -1.23. The quantitative estimate of drug-likeness (QED) is 0.173. The summed E-state index contributed by atoms with van der Waals surface area (Å²) >= 11 is 0. The van der Waals surface area contributed by atoms with Gasteiger partial charge in [0.25, 0.3) is 0 Å². The van der Waals surface area contributed by atoms with Crippen LogP contribution in [0.1, 0.15) is 53.9 Å². The van der Waals surface area contributed by atoms with Gasteiger partial charge in [-0.25, -0.2) is 24.2 Å². The first kappa shape index (κ1) is 34.2. The van der Waals surface area contributed by atoms with Crippen molar-refractivity contribution < 1.29 is 37.1 Å².